The summed E-state index contributed by atoms with van der Waals surface area (Å²) in [7, 11) is 0. The summed E-state index contributed by atoms with van der Waals surface area (Å²) in [6.07, 6.45) is 6.67. The van der Waals surface area contributed by atoms with Crippen molar-refractivity contribution in [2.75, 3.05) is 6.61 Å². The molecule has 1 aromatic heterocycles. The van der Waals surface area contributed by atoms with Gasteiger partial charge in [-0.05, 0) is 42.3 Å². The van der Waals surface area contributed by atoms with Crippen molar-refractivity contribution in [2.45, 2.75) is 32.6 Å². The van der Waals surface area contributed by atoms with E-state index < -0.39 is 0 Å². The summed E-state index contributed by atoms with van der Waals surface area (Å²) in [4.78, 5) is 4.57. The van der Waals surface area contributed by atoms with Crippen LogP contribution in [-0.4, -0.2) is 11.6 Å². The van der Waals surface area contributed by atoms with Gasteiger partial charge in [0, 0.05) is 0 Å². The van der Waals surface area contributed by atoms with E-state index in [0.29, 0.717) is 5.57 Å². The van der Waals surface area contributed by atoms with Crippen LogP contribution >= 0.6 is 11.3 Å². The number of para-hydroxylation sites is 1. The fourth-order valence-electron chi connectivity index (χ4n) is 2.68. The van der Waals surface area contributed by atoms with E-state index >= 15 is 0 Å². The lowest BCUT2D eigenvalue weighted by molar-refractivity contribution is 0.305. The van der Waals surface area contributed by atoms with Gasteiger partial charge in [-0.3, -0.25) is 0 Å². The summed E-state index contributed by atoms with van der Waals surface area (Å²) in [6, 6.07) is 18.1. The van der Waals surface area contributed by atoms with Crippen molar-refractivity contribution < 1.29 is 4.74 Å². The third kappa shape index (κ3) is 4.71. The number of hydrogen-bond donors (Lipinski definition) is 0. The number of rotatable bonds is 8. The monoisotopic (exact) mass is 362 g/mol. The van der Waals surface area contributed by atoms with Crippen LogP contribution in [0.3, 0.4) is 0 Å². The lowest BCUT2D eigenvalue weighted by Crippen LogP contribution is -1.96. The van der Waals surface area contributed by atoms with E-state index in [9.17, 15) is 5.26 Å². The van der Waals surface area contributed by atoms with Gasteiger partial charge >= 0.3 is 0 Å². The van der Waals surface area contributed by atoms with Crippen molar-refractivity contribution in [3.8, 4) is 11.8 Å². The van der Waals surface area contributed by atoms with E-state index in [-0.39, 0.29) is 0 Å². The molecule has 0 atom stereocenters. The Morgan fingerprint density at radius 2 is 1.92 bits per heavy atom. The second-order valence-electron chi connectivity index (χ2n) is 6.13. The molecule has 0 N–H and O–H groups in total. The molecule has 0 fully saturated rings. The van der Waals surface area contributed by atoms with Gasteiger partial charge in [0.2, 0.25) is 0 Å². The molecule has 3 rings (SSSR count). The van der Waals surface area contributed by atoms with Gasteiger partial charge in [0.15, 0.2) is 0 Å². The lowest BCUT2D eigenvalue weighted by Gasteiger charge is -2.06. The Kier molecular flexibility index (Phi) is 6.40. The lowest BCUT2D eigenvalue weighted by atomic mass is 10.1. The number of aromatic nitrogens is 1. The molecule has 0 unspecified atom stereocenters. The molecule has 0 amide bonds. The van der Waals surface area contributed by atoms with Crippen molar-refractivity contribution in [2.24, 2.45) is 0 Å². The number of ether oxygens (including phenoxy) is 1. The van der Waals surface area contributed by atoms with Crippen LogP contribution in [0.15, 0.2) is 48.5 Å². The third-order valence-corrected chi connectivity index (χ3v) is 5.17. The van der Waals surface area contributed by atoms with Crippen LogP contribution < -0.4 is 4.74 Å². The highest BCUT2D eigenvalue weighted by molar-refractivity contribution is 7.19. The van der Waals surface area contributed by atoms with Gasteiger partial charge in [0.05, 0.1) is 22.4 Å². The van der Waals surface area contributed by atoms with Gasteiger partial charge < -0.3 is 4.74 Å². The van der Waals surface area contributed by atoms with E-state index in [1.165, 1.54) is 19.3 Å². The highest BCUT2D eigenvalue weighted by atomic mass is 32.1. The van der Waals surface area contributed by atoms with Crippen LogP contribution in [0.5, 0.6) is 5.75 Å². The summed E-state index contributed by atoms with van der Waals surface area (Å²) in [6.45, 7) is 2.96. The van der Waals surface area contributed by atoms with Crippen molar-refractivity contribution in [1.29, 1.82) is 5.26 Å². The minimum Gasteiger partial charge on any atom is -0.494 e. The van der Waals surface area contributed by atoms with Crippen molar-refractivity contribution in [3.63, 3.8) is 0 Å². The highest BCUT2D eigenvalue weighted by Crippen LogP contribution is 2.28. The predicted molar refractivity (Wildman–Crippen MR) is 109 cm³/mol. The molecule has 4 heteroatoms. The van der Waals surface area contributed by atoms with Gasteiger partial charge in [0.1, 0.15) is 16.8 Å². The van der Waals surface area contributed by atoms with E-state index in [1.807, 2.05) is 54.6 Å². The standard InChI is InChI=1S/C22H22N2OS/c1-2-3-4-7-14-25-19-12-10-17(11-13-19)15-18(16-23)22-24-20-8-5-6-9-21(20)26-22/h5-6,8-13,15H,2-4,7,14H2,1H3. The Morgan fingerprint density at radius 1 is 1.12 bits per heavy atom. The molecule has 3 aromatic rings. The maximum Gasteiger partial charge on any atom is 0.135 e. The number of allylic oxidation sites excluding steroid dienone is 1. The first-order valence-corrected chi connectivity index (χ1v) is 9.82. The van der Waals surface area contributed by atoms with Gasteiger partial charge in [0.25, 0.3) is 0 Å². The van der Waals surface area contributed by atoms with Gasteiger partial charge in [-0.15, -0.1) is 11.3 Å². The smallest absolute Gasteiger partial charge is 0.135 e. The normalized spacial score (nSPS) is 11.5. The van der Waals surface area contributed by atoms with Crippen LogP contribution in [0.2, 0.25) is 0 Å². The Bertz CT molecular complexity index is 886. The zero-order chi connectivity index (χ0) is 18.2. The van der Waals surface area contributed by atoms with E-state index in [2.05, 4.69) is 18.0 Å². The average Bonchev–Trinajstić information content (AvgIpc) is 3.11. The van der Waals surface area contributed by atoms with Crippen LogP contribution in [0, 0.1) is 11.3 Å². The molecular formula is C22H22N2OS. The summed E-state index contributed by atoms with van der Waals surface area (Å²) in [5.74, 6) is 0.872. The molecule has 0 aliphatic rings. The second-order valence-corrected chi connectivity index (χ2v) is 7.17. The number of fused-ring (bicyclic) bond motifs is 1. The maximum atomic E-state index is 9.53. The van der Waals surface area contributed by atoms with Crippen LogP contribution in [0.25, 0.3) is 21.9 Å². The number of thiazole rings is 1. The number of nitriles is 1. The van der Waals surface area contributed by atoms with Gasteiger partial charge in [-0.2, -0.15) is 5.26 Å². The second kappa shape index (κ2) is 9.17. The molecule has 26 heavy (non-hydrogen) atoms. The molecule has 0 saturated heterocycles. The van der Waals surface area contributed by atoms with Crippen molar-refractivity contribution >= 4 is 33.2 Å². The molecule has 132 valence electrons. The quantitative estimate of drug-likeness (QED) is 0.348. The first-order valence-electron chi connectivity index (χ1n) is 9.01. The Balaban J connectivity index is 1.68. The minimum atomic E-state index is 0.583. The van der Waals surface area contributed by atoms with Crippen molar-refractivity contribution in [3.05, 3.63) is 59.1 Å². The number of hydrogen-bond acceptors (Lipinski definition) is 4. The minimum absolute atomic E-state index is 0.583. The Morgan fingerprint density at radius 3 is 2.65 bits per heavy atom. The van der Waals surface area contributed by atoms with Crippen LogP contribution in [0.1, 0.15) is 43.2 Å². The highest BCUT2D eigenvalue weighted by Gasteiger charge is 2.08. The molecule has 0 saturated carbocycles. The summed E-state index contributed by atoms with van der Waals surface area (Å²) in [5, 5.41) is 10.3. The largest absolute Gasteiger partial charge is 0.494 e. The van der Waals surface area contributed by atoms with E-state index in [4.69, 9.17) is 4.74 Å². The third-order valence-electron chi connectivity index (χ3n) is 4.10. The first kappa shape index (κ1) is 18.2. The van der Waals surface area contributed by atoms with Gasteiger partial charge in [-0.1, -0.05) is 50.5 Å². The molecule has 0 aliphatic carbocycles. The number of nitrogens with zero attached hydrogens (tertiary/aromatic N) is 2. The fourth-order valence-corrected chi connectivity index (χ4v) is 3.61. The molecule has 2 aromatic carbocycles. The average molecular weight is 362 g/mol. The first-order chi connectivity index (χ1) is 12.8. The van der Waals surface area contributed by atoms with Crippen LogP contribution in [0.4, 0.5) is 0 Å². The Hall–Kier alpha value is -2.64. The molecule has 0 aliphatic heterocycles. The molecule has 3 nitrogen and oxygen atoms in total. The molecule has 1 heterocycles. The van der Waals surface area contributed by atoms with E-state index in [1.54, 1.807) is 11.3 Å². The fraction of sp³-hybridized carbons (Fsp3) is 0.273. The molecular weight excluding hydrogens is 340 g/mol. The zero-order valence-corrected chi connectivity index (χ0v) is 15.8. The van der Waals surface area contributed by atoms with Crippen molar-refractivity contribution in [1.82, 2.24) is 4.98 Å². The summed E-state index contributed by atoms with van der Waals surface area (Å²) >= 11 is 1.54. The molecule has 0 radical (unpaired) electrons. The Labute approximate surface area is 158 Å². The SMILES string of the molecule is CCCCCCOc1ccc(C=C(C#N)c2nc3ccccc3s2)cc1. The maximum absolute atomic E-state index is 9.53. The van der Waals surface area contributed by atoms with Gasteiger partial charge in [-0.25, -0.2) is 4.98 Å². The van der Waals surface area contributed by atoms with E-state index in [0.717, 1.165) is 39.6 Å². The molecule has 0 bridgehead atoms. The molecule has 0 spiro atoms. The van der Waals surface area contributed by atoms with Crippen LogP contribution in [-0.2, 0) is 0 Å². The zero-order valence-electron chi connectivity index (χ0n) is 14.9. The predicted octanol–water partition coefficient (Wildman–Crippen LogP) is 6.32. The number of unbranched alkanes of at least 4 members (excludes halogenated alkanes) is 3. The summed E-state index contributed by atoms with van der Waals surface area (Å²) in [5.41, 5.74) is 2.49. The summed E-state index contributed by atoms with van der Waals surface area (Å²) < 4.78 is 6.86. The number of benzene rings is 2. The topological polar surface area (TPSA) is 45.9 Å².